The van der Waals surface area contributed by atoms with E-state index in [1.54, 1.807) is 0 Å². The molecular weight excluding hydrogens is 208 g/mol. The molecule has 0 spiro atoms. The first-order valence-corrected chi connectivity index (χ1v) is 5.21. The summed E-state index contributed by atoms with van der Waals surface area (Å²) < 4.78 is 9.88. The predicted octanol–water partition coefficient (Wildman–Crippen LogP) is 2.22. The van der Waals surface area contributed by atoms with E-state index >= 15 is 0 Å². The van der Waals surface area contributed by atoms with Crippen molar-refractivity contribution in [2.24, 2.45) is 5.41 Å². The molecule has 1 aliphatic rings. The van der Waals surface area contributed by atoms with Gasteiger partial charge in [-0.15, -0.1) is 0 Å². The maximum atomic E-state index is 12.2. The lowest BCUT2D eigenvalue weighted by molar-refractivity contribution is 0.0593. The van der Waals surface area contributed by atoms with Crippen LogP contribution in [-0.4, -0.2) is 18.9 Å². The Morgan fingerprint density at radius 1 is 1.50 bits per heavy atom. The Labute approximate surface area is 93.6 Å². The molecule has 16 heavy (non-hydrogen) atoms. The molecule has 2 rings (SSSR count). The Morgan fingerprint density at radius 2 is 2.19 bits per heavy atom. The maximum absolute atomic E-state index is 12.2. The van der Waals surface area contributed by atoms with Crippen LogP contribution in [0.25, 0.3) is 0 Å². The van der Waals surface area contributed by atoms with Crippen molar-refractivity contribution in [1.29, 1.82) is 0 Å². The largest absolute Gasteiger partial charge is 0.468 e. The third-order valence-corrected chi connectivity index (χ3v) is 3.09. The normalized spacial score (nSPS) is 18.1. The molecule has 1 aromatic heterocycles. The molecule has 86 valence electrons. The minimum absolute atomic E-state index is 0.0390. The second kappa shape index (κ2) is 3.47. The van der Waals surface area contributed by atoms with Crippen molar-refractivity contribution >= 4 is 11.8 Å². The smallest absolute Gasteiger partial charge is 0.341 e. The number of hydrogen-bond acceptors (Lipinski definition) is 4. The van der Waals surface area contributed by atoms with Gasteiger partial charge in [0.25, 0.3) is 0 Å². The number of Topliss-reactive ketones (excluding diaryl/α,β-unsaturated/α-hetero) is 1. The standard InChI is InChI=1S/C12H14O4/c1-12(2)5-4-8-9(10(12)13)7(6-16-8)11(14)15-3/h6H,4-5H2,1-3H3. The molecular formula is C12H14O4. The van der Waals surface area contributed by atoms with Crippen molar-refractivity contribution in [3.8, 4) is 0 Å². The van der Waals surface area contributed by atoms with Gasteiger partial charge in [-0.2, -0.15) is 0 Å². The highest BCUT2D eigenvalue weighted by atomic mass is 16.5. The summed E-state index contributed by atoms with van der Waals surface area (Å²) in [5.41, 5.74) is 0.220. The SMILES string of the molecule is COC(=O)c1coc2c1C(=O)C(C)(C)CC2. The number of aryl methyl sites for hydroxylation is 1. The summed E-state index contributed by atoms with van der Waals surface area (Å²) >= 11 is 0. The number of esters is 1. The Bertz CT molecular complexity index is 454. The van der Waals surface area contributed by atoms with Crippen molar-refractivity contribution in [3.05, 3.63) is 23.2 Å². The van der Waals surface area contributed by atoms with Crippen LogP contribution in [0.3, 0.4) is 0 Å². The van der Waals surface area contributed by atoms with E-state index < -0.39 is 11.4 Å². The Hall–Kier alpha value is -1.58. The average Bonchev–Trinajstić information content (AvgIpc) is 2.67. The summed E-state index contributed by atoms with van der Waals surface area (Å²) in [6, 6.07) is 0. The molecule has 0 atom stereocenters. The minimum atomic E-state index is -0.518. The average molecular weight is 222 g/mol. The first-order chi connectivity index (χ1) is 7.47. The van der Waals surface area contributed by atoms with E-state index in [-0.39, 0.29) is 11.3 Å². The molecule has 0 radical (unpaired) electrons. The number of ketones is 1. The second-order valence-corrected chi connectivity index (χ2v) is 4.65. The molecule has 4 nitrogen and oxygen atoms in total. The fourth-order valence-electron chi connectivity index (χ4n) is 1.97. The molecule has 0 aliphatic heterocycles. The molecule has 1 heterocycles. The Kier molecular flexibility index (Phi) is 2.37. The van der Waals surface area contributed by atoms with Gasteiger partial charge in [0.1, 0.15) is 17.6 Å². The summed E-state index contributed by atoms with van der Waals surface area (Å²) in [5.74, 6) is 0.0451. The van der Waals surface area contributed by atoms with Crippen LogP contribution in [0.4, 0.5) is 0 Å². The van der Waals surface area contributed by atoms with Crippen LogP contribution in [0.1, 0.15) is 46.7 Å². The number of rotatable bonds is 1. The van der Waals surface area contributed by atoms with Crippen molar-refractivity contribution in [3.63, 3.8) is 0 Å². The first kappa shape index (κ1) is 10.9. The highest BCUT2D eigenvalue weighted by Gasteiger charge is 2.39. The maximum Gasteiger partial charge on any atom is 0.341 e. The van der Waals surface area contributed by atoms with Crippen LogP contribution >= 0.6 is 0 Å². The highest BCUT2D eigenvalue weighted by molar-refractivity contribution is 6.09. The second-order valence-electron chi connectivity index (χ2n) is 4.65. The number of ether oxygens (including phenoxy) is 1. The topological polar surface area (TPSA) is 56.5 Å². The summed E-state index contributed by atoms with van der Waals surface area (Å²) in [4.78, 5) is 23.6. The molecule has 0 unspecified atom stereocenters. The van der Waals surface area contributed by atoms with Gasteiger partial charge in [0.05, 0.1) is 12.7 Å². The zero-order valence-electron chi connectivity index (χ0n) is 9.62. The molecule has 0 fully saturated rings. The Morgan fingerprint density at radius 3 is 2.81 bits per heavy atom. The quantitative estimate of drug-likeness (QED) is 0.683. The lowest BCUT2D eigenvalue weighted by atomic mass is 9.74. The number of carbonyl (C=O) groups excluding carboxylic acids is 2. The zero-order chi connectivity index (χ0) is 11.9. The van der Waals surface area contributed by atoms with Crippen LogP contribution in [0, 0.1) is 5.41 Å². The molecule has 4 heteroatoms. The highest BCUT2D eigenvalue weighted by Crippen LogP contribution is 2.37. The zero-order valence-corrected chi connectivity index (χ0v) is 9.62. The van der Waals surface area contributed by atoms with E-state index in [0.29, 0.717) is 17.7 Å². The number of hydrogen-bond donors (Lipinski definition) is 0. The summed E-state index contributed by atoms with van der Waals surface area (Å²) in [6.07, 6.45) is 2.74. The van der Waals surface area contributed by atoms with Crippen molar-refractivity contribution in [2.45, 2.75) is 26.7 Å². The van der Waals surface area contributed by atoms with E-state index in [2.05, 4.69) is 4.74 Å². The fourth-order valence-corrected chi connectivity index (χ4v) is 1.97. The minimum Gasteiger partial charge on any atom is -0.468 e. The third-order valence-electron chi connectivity index (χ3n) is 3.09. The lowest BCUT2D eigenvalue weighted by Gasteiger charge is -2.27. The van der Waals surface area contributed by atoms with Gasteiger partial charge in [-0.05, 0) is 6.42 Å². The molecule has 1 aromatic rings. The van der Waals surface area contributed by atoms with E-state index in [0.717, 1.165) is 6.42 Å². The molecule has 0 amide bonds. The van der Waals surface area contributed by atoms with Gasteiger partial charge in [-0.1, -0.05) is 13.8 Å². The van der Waals surface area contributed by atoms with Crippen molar-refractivity contribution in [1.82, 2.24) is 0 Å². The van der Waals surface area contributed by atoms with E-state index in [4.69, 9.17) is 4.42 Å². The van der Waals surface area contributed by atoms with Crippen LogP contribution < -0.4 is 0 Å². The van der Waals surface area contributed by atoms with Crippen LogP contribution in [-0.2, 0) is 11.2 Å². The number of fused-ring (bicyclic) bond motifs is 1. The van der Waals surface area contributed by atoms with Gasteiger partial charge in [0.15, 0.2) is 5.78 Å². The van der Waals surface area contributed by atoms with Crippen molar-refractivity contribution in [2.75, 3.05) is 7.11 Å². The monoisotopic (exact) mass is 222 g/mol. The molecule has 0 saturated carbocycles. The summed E-state index contributed by atoms with van der Waals surface area (Å²) in [7, 11) is 1.29. The van der Waals surface area contributed by atoms with Gasteiger partial charge in [-0.25, -0.2) is 4.79 Å². The predicted molar refractivity (Wildman–Crippen MR) is 56.5 cm³/mol. The van der Waals surface area contributed by atoms with Crippen molar-refractivity contribution < 1.29 is 18.7 Å². The van der Waals surface area contributed by atoms with Crippen LogP contribution in [0.15, 0.2) is 10.7 Å². The molecule has 0 N–H and O–H groups in total. The van der Waals surface area contributed by atoms with Crippen LogP contribution in [0.5, 0.6) is 0 Å². The van der Waals surface area contributed by atoms with Gasteiger partial charge in [0, 0.05) is 11.8 Å². The van der Waals surface area contributed by atoms with Gasteiger partial charge in [-0.3, -0.25) is 4.79 Å². The van der Waals surface area contributed by atoms with E-state index in [1.165, 1.54) is 13.4 Å². The third kappa shape index (κ3) is 1.45. The van der Waals surface area contributed by atoms with E-state index in [9.17, 15) is 9.59 Å². The molecule has 0 aromatic carbocycles. The van der Waals surface area contributed by atoms with Crippen LogP contribution in [0.2, 0.25) is 0 Å². The fraction of sp³-hybridized carbons (Fsp3) is 0.500. The number of methoxy groups -OCH3 is 1. The van der Waals surface area contributed by atoms with Gasteiger partial charge >= 0.3 is 5.97 Å². The van der Waals surface area contributed by atoms with E-state index in [1.807, 2.05) is 13.8 Å². The lowest BCUT2D eigenvalue weighted by Crippen LogP contribution is -2.30. The number of furan rings is 1. The Balaban J connectivity index is 2.53. The number of carbonyl (C=O) groups is 2. The molecule has 1 aliphatic carbocycles. The first-order valence-electron chi connectivity index (χ1n) is 5.21. The summed E-state index contributed by atoms with van der Waals surface area (Å²) in [5, 5.41) is 0. The summed E-state index contributed by atoms with van der Waals surface area (Å²) in [6.45, 7) is 3.76. The molecule has 0 saturated heterocycles. The van der Waals surface area contributed by atoms with Gasteiger partial charge in [0.2, 0.25) is 0 Å². The molecule has 0 bridgehead atoms. The van der Waals surface area contributed by atoms with Gasteiger partial charge < -0.3 is 9.15 Å².